The zero-order valence-electron chi connectivity index (χ0n) is 29.6. The monoisotopic (exact) mass is 772 g/mol. The second-order valence-corrected chi connectivity index (χ2v) is 12.4. The molecule has 280 valence electrons. The summed E-state index contributed by atoms with van der Waals surface area (Å²) in [7, 11) is 0. The van der Waals surface area contributed by atoms with Crippen LogP contribution in [0.5, 0.6) is 0 Å². The number of halogens is 2. The van der Waals surface area contributed by atoms with Crippen LogP contribution in [0.3, 0.4) is 0 Å². The first kappa shape index (κ1) is 42.3. The van der Waals surface area contributed by atoms with Gasteiger partial charge >= 0.3 is 5.97 Å². The number of benzene rings is 4. The number of oxime groups is 1. The summed E-state index contributed by atoms with van der Waals surface area (Å²) in [6.07, 6.45) is -1.85. The minimum absolute atomic E-state index is 0.139. The van der Waals surface area contributed by atoms with Gasteiger partial charge in [0, 0.05) is 22.5 Å². The van der Waals surface area contributed by atoms with E-state index in [2.05, 4.69) is 35.6 Å². The van der Waals surface area contributed by atoms with E-state index in [9.17, 15) is 15.0 Å². The highest BCUT2D eigenvalue weighted by Gasteiger charge is 2.26. The fraction of sp³-hybridized carbons (Fsp3) is 0.211. The number of carbonyl (C=O) groups is 1. The lowest BCUT2D eigenvalue weighted by molar-refractivity contribution is -0.140. The van der Waals surface area contributed by atoms with Crippen molar-refractivity contribution >= 4 is 57.8 Å². The summed E-state index contributed by atoms with van der Waals surface area (Å²) in [5.41, 5.74) is 10.0. The van der Waals surface area contributed by atoms with Crippen molar-refractivity contribution in [1.82, 2.24) is 10.1 Å². The number of rotatable bonds is 10. The molecule has 0 saturated heterocycles. The number of aromatic nitrogens is 2. The van der Waals surface area contributed by atoms with E-state index in [1.165, 1.54) is 13.0 Å². The molecule has 1 aromatic heterocycles. The van der Waals surface area contributed by atoms with Crippen LogP contribution in [0.15, 0.2) is 94.6 Å². The van der Waals surface area contributed by atoms with Crippen LogP contribution in [-0.2, 0) is 4.79 Å². The van der Waals surface area contributed by atoms with Gasteiger partial charge in [-0.05, 0) is 51.0 Å². The molecule has 5 rings (SSSR count). The molecule has 0 bridgehead atoms. The standard InChI is InChI=1S/C19H17ClN4O2.C12H13ClN2O3.C7H8N2O/c1-11-14(9-10-15(21-3)16(11)20)22-17(12(2)25)19-23-18(24-26-19)13-7-5-4-6-8-13;1-6-8(4-5-9(14-3)10(6)13)15-11(7(2)16)12(17)18;8-7(9-10)6-4-2-1-3-5-6/h4-10,12,17,22,25H,1-2H3;4-5,7,11,15-16H,1-2H3,(H,17,18);1-5,10H,(H2,8,9)/t12-,17-;7-,11-;/m11./s1. The van der Waals surface area contributed by atoms with Crippen LogP contribution >= 0.6 is 23.2 Å². The number of aliphatic hydroxyl groups is 2. The number of hydrogen-bond acceptors (Lipinski definition) is 10. The van der Waals surface area contributed by atoms with Gasteiger partial charge in [0.1, 0.15) is 6.04 Å². The van der Waals surface area contributed by atoms with Gasteiger partial charge < -0.3 is 41.4 Å². The summed E-state index contributed by atoms with van der Waals surface area (Å²) in [4.78, 5) is 22.0. The Morgan fingerprint density at radius 2 is 1.33 bits per heavy atom. The van der Waals surface area contributed by atoms with Crippen molar-refractivity contribution in [2.24, 2.45) is 10.9 Å². The number of hydrogen-bond donors (Lipinski definition) is 7. The Labute approximate surface area is 322 Å². The van der Waals surface area contributed by atoms with Crippen LogP contribution in [0.25, 0.3) is 21.1 Å². The van der Waals surface area contributed by atoms with Gasteiger partial charge in [-0.2, -0.15) is 4.98 Å². The predicted octanol–water partition coefficient (Wildman–Crippen LogP) is 8.01. The van der Waals surface area contributed by atoms with Crippen LogP contribution in [0.2, 0.25) is 10.0 Å². The van der Waals surface area contributed by atoms with E-state index in [4.69, 9.17) is 56.9 Å². The molecule has 0 radical (unpaired) electrons. The Hall–Kier alpha value is -6.16. The number of carboxylic acids is 1. The number of aliphatic carboxylic acids is 1. The molecule has 54 heavy (non-hydrogen) atoms. The van der Waals surface area contributed by atoms with Crippen LogP contribution in [0.4, 0.5) is 22.7 Å². The van der Waals surface area contributed by atoms with Gasteiger partial charge in [0.25, 0.3) is 5.89 Å². The van der Waals surface area contributed by atoms with Crippen molar-refractivity contribution in [1.29, 1.82) is 0 Å². The molecule has 0 aliphatic heterocycles. The molecule has 0 spiro atoms. The van der Waals surface area contributed by atoms with E-state index in [0.717, 1.165) is 11.1 Å². The third-order valence-electron chi connectivity index (χ3n) is 7.74. The molecule has 5 aromatic rings. The molecule has 8 N–H and O–H groups in total. The van der Waals surface area contributed by atoms with Gasteiger partial charge in [-0.25, -0.2) is 14.5 Å². The van der Waals surface area contributed by atoms with E-state index in [-0.39, 0.29) is 16.7 Å². The van der Waals surface area contributed by atoms with Crippen molar-refractivity contribution in [3.8, 4) is 11.4 Å². The number of carboxylic acid groups (broad SMARTS) is 1. The molecule has 4 aromatic carbocycles. The molecular weight excluding hydrogens is 735 g/mol. The lowest BCUT2D eigenvalue weighted by atomic mass is 10.1. The molecule has 0 unspecified atom stereocenters. The Balaban J connectivity index is 0.000000242. The maximum absolute atomic E-state index is 11.0. The lowest BCUT2D eigenvalue weighted by Gasteiger charge is -2.21. The normalized spacial score (nSPS) is 12.9. The van der Waals surface area contributed by atoms with Gasteiger partial charge in [-0.15, -0.1) is 0 Å². The Morgan fingerprint density at radius 3 is 1.78 bits per heavy atom. The minimum Gasteiger partial charge on any atom is -0.480 e. The van der Waals surface area contributed by atoms with Crippen LogP contribution < -0.4 is 16.4 Å². The topological polar surface area (TPSA) is 208 Å². The predicted molar refractivity (Wildman–Crippen MR) is 208 cm³/mol. The zero-order valence-corrected chi connectivity index (χ0v) is 31.1. The molecule has 0 aliphatic carbocycles. The highest BCUT2D eigenvalue weighted by atomic mass is 35.5. The van der Waals surface area contributed by atoms with Crippen molar-refractivity contribution in [3.05, 3.63) is 140 Å². The van der Waals surface area contributed by atoms with E-state index in [1.807, 2.05) is 55.5 Å². The number of nitrogens with zero attached hydrogens (tertiary/aromatic N) is 5. The Morgan fingerprint density at radius 1 is 0.833 bits per heavy atom. The number of nitrogens with one attached hydrogen (secondary N) is 2. The highest BCUT2D eigenvalue weighted by Crippen LogP contribution is 2.36. The average molecular weight is 774 g/mol. The highest BCUT2D eigenvalue weighted by molar-refractivity contribution is 6.34. The largest absolute Gasteiger partial charge is 0.480 e. The number of amidine groups is 1. The van der Waals surface area contributed by atoms with E-state index in [0.29, 0.717) is 44.7 Å². The fourth-order valence-corrected chi connectivity index (χ4v) is 5.09. The van der Waals surface area contributed by atoms with Gasteiger partial charge in [-0.3, -0.25) is 0 Å². The number of nitrogens with two attached hydrogens (primary N) is 1. The lowest BCUT2D eigenvalue weighted by Crippen LogP contribution is -2.39. The van der Waals surface area contributed by atoms with Crippen LogP contribution in [0, 0.1) is 27.0 Å². The van der Waals surface area contributed by atoms with E-state index in [1.54, 1.807) is 44.2 Å². The first-order valence-electron chi connectivity index (χ1n) is 16.1. The van der Waals surface area contributed by atoms with Crippen molar-refractivity contribution in [2.75, 3.05) is 10.6 Å². The Bertz CT molecular complexity index is 2130. The molecule has 14 nitrogen and oxygen atoms in total. The summed E-state index contributed by atoms with van der Waals surface area (Å²) < 4.78 is 5.36. The quantitative estimate of drug-likeness (QED) is 0.0238. The van der Waals surface area contributed by atoms with Crippen molar-refractivity contribution < 1.29 is 29.8 Å². The molecule has 0 saturated carbocycles. The maximum atomic E-state index is 11.0. The first-order valence-corrected chi connectivity index (χ1v) is 16.9. The molecule has 16 heteroatoms. The second-order valence-electron chi connectivity index (χ2n) is 11.6. The first-order chi connectivity index (χ1) is 25.7. The maximum Gasteiger partial charge on any atom is 0.328 e. The number of anilines is 2. The summed E-state index contributed by atoms with van der Waals surface area (Å²) in [6.45, 7) is 20.5. The van der Waals surface area contributed by atoms with E-state index < -0.39 is 30.3 Å². The van der Waals surface area contributed by atoms with Crippen LogP contribution in [-0.4, -0.2) is 60.7 Å². The minimum atomic E-state index is -1.16. The third-order valence-corrected chi connectivity index (χ3v) is 8.70. The summed E-state index contributed by atoms with van der Waals surface area (Å²) in [6, 6.07) is 23.2. The van der Waals surface area contributed by atoms with Crippen molar-refractivity contribution in [3.63, 3.8) is 0 Å². The molecule has 0 fully saturated rings. The van der Waals surface area contributed by atoms with Gasteiger partial charge in [0.05, 0.1) is 35.4 Å². The number of aliphatic hydroxyl groups excluding tert-OH is 2. The summed E-state index contributed by atoms with van der Waals surface area (Å²) >= 11 is 12.2. The third kappa shape index (κ3) is 11.2. The van der Waals surface area contributed by atoms with Gasteiger partial charge in [-0.1, -0.05) is 106 Å². The molecule has 1 heterocycles. The average Bonchev–Trinajstić information content (AvgIpc) is 3.66. The zero-order chi connectivity index (χ0) is 39.9. The molecule has 0 aliphatic rings. The van der Waals surface area contributed by atoms with Gasteiger partial charge in [0.15, 0.2) is 11.9 Å². The van der Waals surface area contributed by atoms with Crippen molar-refractivity contribution in [2.45, 2.75) is 52.0 Å². The summed E-state index contributed by atoms with van der Waals surface area (Å²) in [5, 5.41) is 50.2. The SMILES string of the molecule is N/C(=N\O)c1ccccc1.[C-]#[N+]c1ccc(N[C@@H](C(=O)O)[C@@H](C)O)c(C)c1Cl.[C-]#[N+]c1ccc(N[C@@H](c2nc(-c3ccccc3)no2)[C@@H](C)O)c(C)c1Cl. The second kappa shape index (κ2) is 20.2. The molecule has 0 amide bonds. The molecular formula is C38H38Cl2N8O6. The summed E-state index contributed by atoms with van der Waals surface area (Å²) in [5.74, 6) is -0.301. The molecule has 4 atom stereocenters. The van der Waals surface area contributed by atoms with Gasteiger partial charge in [0.2, 0.25) is 17.2 Å². The van der Waals surface area contributed by atoms with E-state index >= 15 is 0 Å². The van der Waals surface area contributed by atoms with Crippen LogP contribution in [0.1, 0.15) is 42.5 Å². The fourth-order valence-electron chi connectivity index (χ4n) is 4.67. The Kier molecular flexibility index (Phi) is 15.8. The smallest absolute Gasteiger partial charge is 0.328 e.